The number of carbonyl (C=O) groups is 1. The number of para-hydroxylation sites is 1. The molecule has 1 heterocycles. The van der Waals surface area contributed by atoms with Crippen molar-refractivity contribution in [3.05, 3.63) is 77.8 Å². The fraction of sp³-hybridized carbons (Fsp3) is 0.167. The number of carbonyl (C=O) groups excluding carboxylic acids is 1. The van der Waals surface area contributed by atoms with Crippen LogP contribution in [0.3, 0.4) is 0 Å². The van der Waals surface area contributed by atoms with Crippen LogP contribution in [0.25, 0.3) is 0 Å². The molecule has 6 heteroatoms. The number of nitrogens with zero attached hydrogens (tertiary/aromatic N) is 2. The molecule has 1 unspecified atom stereocenters. The van der Waals surface area contributed by atoms with Crippen molar-refractivity contribution in [2.75, 3.05) is 5.32 Å². The van der Waals surface area contributed by atoms with Crippen molar-refractivity contribution in [1.29, 1.82) is 0 Å². The van der Waals surface area contributed by atoms with Crippen LogP contribution in [-0.4, -0.2) is 16.1 Å². The summed E-state index contributed by atoms with van der Waals surface area (Å²) in [6, 6.07) is 15.5. The summed E-state index contributed by atoms with van der Waals surface area (Å²) in [5.74, 6) is -0.400. The van der Waals surface area contributed by atoms with Gasteiger partial charge in [0.25, 0.3) is 0 Å². The molecule has 24 heavy (non-hydrogen) atoms. The third kappa shape index (κ3) is 3.65. The average molecular weight is 325 g/mol. The maximum atomic E-state index is 13.7. The summed E-state index contributed by atoms with van der Waals surface area (Å²) in [5.41, 5.74) is 1.03. The number of hydrogen-bond donors (Lipinski definition) is 1. The molecule has 1 amide bonds. The molecule has 1 atom stereocenters. The van der Waals surface area contributed by atoms with Gasteiger partial charge in [-0.1, -0.05) is 42.5 Å². The van der Waals surface area contributed by atoms with Crippen molar-refractivity contribution in [2.24, 2.45) is 0 Å². The van der Waals surface area contributed by atoms with E-state index < -0.39 is 5.82 Å². The highest BCUT2D eigenvalue weighted by molar-refractivity contribution is 5.91. The lowest BCUT2D eigenvalue weighted by Crippen LogP contribution is -2.17. The van der Waals surface area contributed by atoms with E-state index in [1.807, 2.05) is 30.3 Å². The van der Waals surface area contributed by atoms with E-state index in [1.165, 1.54) is 12.1 Å². The standard InChI is InChI=1S/C18H16FN3O2/c1-12-21-22-18(24-12)14(13-7-3-2-4-8-13)11-17(23)20-16-10-6-5-9-15(16)19/h2-10,14H,11H2,1H3,(H,20,23). The largest absolute Gasteiger partial charge is 0.425 e. The lowest BCUT2D eigenvalue weighted by molar-refractivity contribution is -0.116. The molecular formula is C18H16FN3O2. The third-order valence-corrected chi connectivity index (χ3v) is 3.58. The summed E-state index contributed by atoms with van der Waals surface area (Å²) in [6.07, 6.45) is 0.0694. The first kappa shape index (κ1) is 15.9. The predicted octanol–water partition coefficient (Wildman–Crippen LogP) is 3.68. The molecule has 3 aromatic rings. The van der Waals surface area contributed by atoms with E-state index in [9.17, 15) is 9.18 Å². The van der Waals surface area contributed by atoms with Gasteiger partial charge in [0.15, 0.2) is 0 Å². The Morgan fingerprint density at radius 1 is 1.12 bits per heavy atom. The number of nitrogens with one attached hydrogen (secondary N) is 1. The zero-order chi connectivity index (χ0) is 16.9. The maximum absolute atomic E-state index is 13.7. The number of rotatable bonds is 5. The lowest BCUT2D eigenvalue weighted by atomic mass is 9.95. The predicted molar refractivity (Wildman–Crippen MR) is 87.0 cm³/mol. The van der Waals surface area contributed by atoms with Crippen molar-refractivity contribution in [3.63, 3.8) is 0 Å². The molecule has 0 fully saturated rings. The topological polar surface area (TPSA) is 68.0 Å². The molecule has 0 saturated carbocycles. The minimum Gasteiger partial charge on any atom is -0.425 e. The summed E-state index contributed by atoms with van der Waals surface area (Å²) < 4.78 is 19.2. The van der Waals surface area contributed by atoms with E-state index in [2.05, 4.69) is 15.5 Å². The molecule has 0 aliphatic carbocycles. The second-order valence-electron chi connectivity index (χ2n) is 5.35. The SMILES string of the molecule is Cc1nnc(C(CC(=O)Nc2ccccc2F)c2ccccc2)o1. The number of amides is 1. The maximum Gasteiger partial charge on any atom is 0.225 e. The zero-order valence-electron chi connectivity index (χ0n) is 13.1. The number of benzene rings is 2. The molecule has 5 nitrogen and oxygen atoms in total. The molecule has 0 aliphatic heterocycles. The van der Waals surface area contributed by atoms with E-state index >= 15 is 0 Å². The van der Waals surface area contributed by atoms with Gasteiger partial charge in [-0.25, -0.2) is 4.39 Å². The fourth-order valence-corrected chi connectivity index (χ4v) is 2.43. The molecule has 0 radical (unpaired) electrons. The Morgan fingerprint density at radius 3 is 2.50 bits per heavy atom. The van der Waals surface area contributed by atoms with Crippen LogP contribution in [0.1, 0.15) is 29.7 Å². The normalized spacial score (nSPS) is 11.9. The monoisotopic (exact) mass is 325 g/mol. The van der Waals surface area contributed by atoms with Gasteiger partial charge in [0.1, 0.15) is 5.82 Å². The van der Waals surface area contributed by atoms with Gasteiger partial charge in [-0.3, -0.25) is 4.79 Å². The van der Waals surface area contributed by atoms with Crippen LogP contribution < -0.4 is 5.32 Å². The zero-order valence-corrected chi connectivity index (χ0v) is 13.1. The van der Waals surface area contributed by atoms with Crippen molar-refractivity contribution in [3.8, 4) is 0 Å². The van der Waals surface area contributed by atoms with Gasteiger partial charge in [-0.2, -0.15) is 0 Å². The second kappa shape index (κ2) is 7.04. The summed E-state index contributed by atoms with van der Waals surface area (Å²) >= 11 is 0. The highest BCUT2D eigenvalue weighted by Crippen LogP contribution is 2.27. The summed E-state index contributed by atoms with van der Waals surface area (Å²) in [4.78, 5) is 12.4. The summed E-state index contributed by atoms with van der Waals surface area (Å²) in [7, 11) is 0. The van der Waals surface area contributed by atoms with E-state index in [0.717, 1.165) is 5.56 Å². The first-order valence-electron chi connectivity index (χ1n) is 7.53. The van der Waals surface area contributed by atoms with Gasteiger partial charge in [0.05, 0.1) is 11.6 Å². The van der Waals surface area contributed by atoms with Gasteiger partial charge in [-0.15, -0.1) is 10.2 Å². The molecular weight excluding hydrogens is 309 g/mol. The van der Waals surface area contributed by atoms with Gasteiger partial charge in [0.2, 0.25) is 17.7 Å². The average Bonchev–Trinajstić information content (AvgIpc) is 3.02. The van der Waals surface area contributed by atoms with Crippen LogP contribution in [0.15, 0.2) is 59.0 Å². The Morgan fingerprint density at radius 2 is 1.83 bits per heavy atom. The van der Waals surface area contributed by atoms with Gasteiger partial charge in [0, 0.05) is 13.3 Å². The first-order valence-corrected chi connectivity index (χ1v) is 7.53. The Kier molecular flexibility index (Phi) is 4.65. The Hall–Kier alpha value is -3.02. The Bertz CT molecular complexity index is 833. The number of aromatic nitrogens is 2. The molecule has 2 aromatic carbocycles. The fourth-order valence-electron chi connectivity index (χ4n) is 2.43. The van der Waals surface area contributed by atoms with Gasteiger partial charge in [-0.05, 0) is 17.7 Å². The minimum atomic E-state index is -0.476. The quantitative estimate of drug-likeness (QED) is 0.777. The first-order chi connectivity index (χ1) is 11.6. The summed E-state index contributed by atoms with van der Waals surface area (Å²) in [6.45, 7) is 1.69. The molecule has 0 saturated heterocycles. The third-order valence-electron chi connectivity index (χ3n) is 3.58. The van der Waals surface area contributed by atoms with Gasteiger partial charge >= 0.3 is 0 Å². The van der Waals surface area contributed by atoms with E-state index in [1.54, 1.807) is 19.1 Å². The number of hydrogen-bond acceptors (Lipinski definition) is 4. The number of aryl methyl sites for hydroxylation is 1. The highest BCUT2D eigenvalue weighted by atomic mass is 19.1. The molecule has 1 aromatic heterocycles. The van der Waals surface area contributed by atoms with Crippen molar-refractivity contribution in [2.45, 2.75) is 19.3 Å². The van der Waals surface area contributed by atoms with Crippen LogP contribution in [0, 0.1) is 12.7 Å². The Balaban J connectivity index is 1.82. The van der Waals surface area contributed by atoms with Crippen LogP contribution in [-0.2, 0) is 4.79 Å². The highest BCUT2D eigenvalue weighted by Gasteiger charge is 2.23. The molecule has 122 valence electrons. The number of anilines is 1. The van der Waals surface area contributed by atoms with Crippen LogP contribution in [0.4, 0.5) is 10.1 Å². The summed E-state index contributed by atoms with van der Waals surface area (Å²) in [5, 5.41) is 10.4. The van der Waals surface area contributed by atoms with E-state index in [-0.39, 0.29) is 23.9 Å². The smallest absolute Gasteiger partial charge is 0.225 e. The number of halogens is 1. The van der Waals surface area contributed by atoms with E-state index in [4.69, 9.17) is 4.42 Å². The molecule has 0 aliphatic rings. The van der Waals surface area contributed by atoms with Crippen LogP contribution >= 0.6 is 0 Å². The van der Waals surface area contributed by atoms with Crippen molar-refractivity contribution in [1.82, 2.24) is 10.2 Å². The molecule has 0 bridgehead atoms. The molecule has 0 spiro atoms. The minimum absolute atomic E-state index is 0.0694. The molecule has 3 rings (SSSR count). The van der Waals surface area contributed by atoms with Crippen molar-refractivity contribution < 1.29 is 13.6 Å². The van der Waals surface area contributed by atoms with E-state index in [0.29, 0.717) is 11.8 Å². The lowest BCUT2D eigenvalue weighted by Gasteiger charge is -2.14. The Labute approximate surface area is 138 Å². The molecule has 1 N–H and O–H groups in total. The van der Waals surface area contributed by atoms with Crippen molar-refractivity contribution >= 4 is 11.6 Å². The van der Waals surface area contributed by atoms with Gasteiger partial charge < -0.3 is 9.73 Å². The van der Waals surface area contributed by atoms with Crippen LogP contribution in [0.5, 0.6) is 0 Å². The second-order valence-corrected chi connectivity index (χ2v) is 5.35. The van der Waals surface area contributed by atoms with Crippen LogP contribution in [0.2, 0.25) is 0 Å².